The summed E-state index contributed by atoms with van der Waals surface area (Å²) in [6.07, 6.45) is 12.4. The van der Waals surface area contributed by atoms with Gasteiger partial charge in [0.1, 0.15) is 11.5 Å². The van der Waals surface area contributed by atoms with Crippen molar-refractivity contribution in [1.82, 2.24) is 4.90 Å². The number of nitrogens with zero attached hydrogens (tertiary/aromatic N) is 1. The van der Waals surface area contributed by atoms with Crippen molar-refractivity contribution in [2.75, 3.05) is 6.54 Å². The summed E-state index contributed by atoms with van der Waals surface area (Å²) in [6, 6.07) is 30.3. The molecule has 0 aliphatic rings. The zero-order chi connectivity index (χ0) is 34.3. The van der Waals surface area contributed by atoms with E-state index in [0.29, 0.717) is 24.6 Å². The van der Waals surface area contributed by atoms with Crippen LogP contribution >= 0.6 is 0 Å². The van der Waals surface area contributed by atoms with E-state index in [9.17, 15) is 10.2 Å². The molecule has 0 aromatic heterocycles. The van der Waals surface area contributed by atoms with E-state index >= 15 is 0 Å². The zero-order valence-electron chi connectivity index (χ0n) is 29.9. The van der Waals surface area contributed by atoms with E-state index < -0.39 is 0 Å². The number of aryl methyl sites for hydroxylation is 3. The Morgan fingerprint density at radius 1 is 0.604 bits per heavy atom. The monoisotopic (exact) mass is 723 g/mol. The van der Waals surface area contributed by atoms with E-state index in [1.807, 2.05) is 78.9 Å². The van der Waals surface area contributed by atoms with Crippen molar-refractivity contribution in [3.05, 3.63) is 156 Å². The summed E-state index contributed by atoms with van der Waals surface area (Å²) in [6.45, 7) is 20.1. The average molecular weight is 725 g/mol. The molecule has 4 heteroatoms. The maximum atomic E-state index is 11.1. The molecule has 48 heavy (non-hydrogen) atoms. The Labute approximate surface area is 312 Å². The maximum Gasteiger partial charge on any atom is 3.00 e. The van der Waals surface area contributed by atoms with Gasteiger partial charge in [0.05, 0.1) is 0 Å². The second-order valence-corrected chi connectivity index (χ2v) is 12.3. The summed E-state index contributed by atoms with van der Waals surface area (Å²) < 4.78 is 0. The molecular formula is C44H59NO2Zr+. The first-order valence-corrected chi connectivity index (χ1v) is 17.5. The van der Waals surface area contributed by atoms with Gasteiger partial charge in [0.25, 0.3) is 0 Å². The molecule has 0 spiro atoms. The second-order valence-electron chi connectivity index (χ2n) is 12.3. The van der Waals surface area contributed by atoms with Crippen LogP contribution in [0.1, 0.15) is 105 Å². The van der Waals surface area contributed by atoms with Crippen LogP contribution in [0.15, 0.2) is 104 Å². The number of unbranched alkanes of at least 4 members (excludes halogenated alkanes) is 3. The van der Waals surface area contributed by atoms with Gasteiger partial charge in [-0.25, -0.2) is 0 Å². The van der Waals surface area contributed by atoms with Crippen molar-refractivity contribution in [2.45, 2.75) is 98.1 Å². The second kappa shape index (κ2) is 25.8. The molecule has 0 saturated carbocycles. The van der Waals surface area contributed by atoms with Gasteiger partial charge in [-0.15, -0.1) is 30.8 Å². The Morgan fingerprint density at radius 2 is 1.06 bits per heavy atom. The number of hydrogen-bond donors (Lipinski definition) is 2. The standard InChI is InChI=1S/C30H45NO2.2C7H7.Zr/c1-5-9-14-24-20-26(16-11-7-3)30(33)28(21-24)23-31(19-12-8-4)22-27-18-13-17-25(29(27)32)15-10-6-2;2*1-7-5-3-2-4-6-7;/h8,13,17-18,20-21,32-33H,4-7,9-12,14-16,19,22-23H2,1-3H3;2*2-6H,1H2;/q;2*-1;+3. The van der Waals surface area contributed by atoms with E-state index in [1.165, 1.54) is 12.0 Å². The van der Waals surface area contributed by atoms with Crippen LogP contribution < -0.4 is 0 Å². The van der Waals surface area contributed by atoms with Crippen LogP contribution in [0.2, 0.25) is 0 Å². The van der Waals surface area contributed by atoms with Gasteiger partial charge in [0, 0.05) is 30.8 Å². The molecule has 0 atom stereocenters. The van der Waals surface area contributed by atoms with Gasteiger partial charge >= 0.3 is 26.2 Å². The topological polar surface area (TPSA) is 43.7 Å². The van der Waals surface area contributed by atoms with Crippen LogP contribution in [0, 0.1) is 13.8 Å². The summed E-state index contributed by atoms with van der Waals surface area (Å²) >= 11 is 0. The Balaban J connectivity index is 0.000000626. The smallest absolute Gasteiger partial charge is 0.507 e. The minimum Gasteiger partial charge on any atom is -0.507 e. The fourth-order valence-corrected chi connectivity index (χ4v) is 5.30. The molecule has 4 rings (SSSR count). The Morgan fingerprint density at radius 3 is 1.56 bits per heavy atom. The van der Waals surface area contributed by atoms with E-state index in [-0.39, 0.29) is 26.2 Å². The van der Waals surface area contributed by atoms with Crippen molar-refractivity contribution in [3.8, 4) is 11.5 Å². The molecule has 0 amide bonds. The van der Waals surface area contributed by atoms with Gasteiger partial charge in [0.2, 0.25) is 0 Å². The van der Waals surface area contributed by atoms with Crippen molar-refractivity contribution < 1.29 is 36.4 Å². The number of benzene rings is 4. The van der Waals surface area contributed by atoms with E-state index in [0.717, 1.165) is 97.7 Å². The minimum atomic E-state index is 0. The Bertz CT molecular complexity index is 1370. The molecule has 0 bridgehead atoms. The molecule has 0 heterocycles. The number of hydrogen-bond acceptors (Lipinski definition) is 3. The van der Waals surface area contributed by atoms with E-state index in [1.54, 1.807) is 0 Å². The summed E-state index contributed by atoms with van der Waals surface area (Å²) in [5, 5.41) is 22.0. The van der Waals surface area contributed by atoms with Crippen LogP contribution in [-0.4, -0.2) is 21.7 Å². The average Bonchev–Trinajstić information content (AvgIpc) is 3.08. The number of aromatic hydroxyl groups is 2. The molecule has 0 fully saturated rings. The first-order valence-electron chi connectivity index (χ1n) is 17.5. The van der Waals surface area contributed by atoms with E-state index in [2.05, 4.69) is 64.3 Å². The van der Waals surface area contributed by atoms with Crippen LogP contribution in [0.3, 0.4) is 0 Å². The summed E-state index contributed by atoms with van der Waals surface area (Å²) in [5.41, 5.74) is 7.53. The molecule has 255 valence electrons. The zero-order valence-corrected chi connectivity index (χ0v) is 32.4. The minimum absolute atomic E-state index is 0. The first-order chi connectivity index (χ1) is 22.8. The van der Waals surface area contributed by atoms with Gasteiger partial charge in [0.15, 0.2) is 0 Å². The molecule has 2 N–H and O–H groups in total. The van der Waals surface area contributed by atoms with Crippen molar-refractivity contribution in [2.24, 2.45) is 0 Å². The van der Waals surface area contributed by atoms with Crippen LogP contribution in [0.5, 0.6) is 11.5 Å². The number of rotatable bonds is 16. The fraction of sp³-hybridized carbons (Fsp3) is 0.364. The van der Waals surface area contributed by atoms with Crippen molar-refractivity contribution in [3.63, 3.8) is 0 Å². The summed E-state index contributed by atoms with van der Waals surface area (Å²) in [5.74, 6) is 0.882. The van der Waals surface area contributed by atoms with Crippen molar-refractivity contribution in [1.29, 1.82) is 0 Å². The van der Waals surface area contributed by atoms with Gasteiger partial charge < -0.3 is 10.2 Å². The largest absolute Gasteiger partial charge is 3.00 e. The molecule has 3 nitrogen and oxygen atoms in total. The number of phenolic OH excluding ortho intramolecular Hbond substituents is 2. The SMILES string of the molecule is C=CCCN(Cc1cccc(CCCC)c1O)Cc1cc(CCCC)cc(CCCC)c1O.[CH2-]c1ccccc1.[CH2-]c1ccccc1.[Zr+3]. The molecule has 0 unspecified atom stereocenters. The quantitative estimate of drug-likeness (QED) is 0.0893. The van der Waals surface area contributed by atoms with Crippen LogP contribution in [0.4, 0.5) is 0 Å². The van der Waals surface area contributed by atoms with Crippen LogP contribution in [-0.2, 0) is 58.6 Å². The third kappa shape index (κ3) is 16.8. The molecule has 0 aliphatic heterocycles. The summed E-state index contributed by atoms with van der Waals surface area (Å²) in [4.78, 5) is 2.32. The molecule has 0 saturated heterocycles. The number of para-hydroxylation sites is 1. The molecular weight excluding hydrogens is 666 g/mol. The third-order valence-electron chi connectivity index (χ3n) is 8.07. The Kier molecular flexibility index (Phi) is 23.0. The fourth-order valence-electron chi connectivity index (χ4n) is 5.30. The molecule has 4 aromatic rings. The molecule has 4 aromatic carbocycles. The maximum absolute atomic E-state index is 11.1. The van der Waals surface area contributed by atoms with Gasteiger partial charge in [-0.3, -0.25) is 4.90 Å². The molecule has 0 aliphatic carbocycles. The predicted octanol–water partition coefficient (Wildman–Crippen LogP) is 11.4. The van der Waals surface area contributed by atoms with Crippen LogP contribution in [0.25, 0.3) is 0 Å². The van der Waals surface area contributed by atoms with Gasteiger partial charge in [-0.05, 0) is 61.6 Å². The number of phenols is 2. The summed E-state index contributed by atoms with van der Waals surface area (Å²) in [7, 11) is 0. The third-order valence-corrected chi connectivity index (χ3v) is 8.07. The molecule has 1 radical (unpaired) electrons. The van der Waals surface area contributed by atoms with Gasteiger partial charge in [-0.2, -0.15) is 49.2 Å². The first kappa shape index (κ1) is 42.8. The normalized spacial score (nSPS) is 10.2. The van der Waals surface area contributed by atoms with Crippen molar-refractivity contribution >= 4 is 0 Å². The predicted molar refractivity (Wildman–Crippen MR) is 203 cm³/mol. The Hall–Kier alpha value is -3.20. The van der Waals surface area contributed by atoms with Gasteiger partial charge in [-0.1, -0.05) is 88.6 Å². The van der Waals surface area contributed by atoms with E-state index in [4.69, 9.17) is 0 Å².